The Kier molecular flexibility index (Phi) is 7.36. The van der Waals surface area contributed by atoms with Crippen molar-refractivity contribution in [2.45, 2.75) is 32.6 Å². The Morgan fingerprint density at radius 1 is 1.03 bits per heavy atom. The molecule has 1 fully saturated rings. The van der Waals surface area contributed by atoms with E-state index in [1.54, 1.807) is 17.1 Å². The summed E-state index contributed by atoms with van der Waals surface area (Å²) < 4.78 is 4.71. The fraction of sp³-hybridized carbons (Fsp3) is 0.375. The Bertz CT molecular complexity index is 908. The van der Waals surface area contributed by atoms with Gasteiger partial charge in [0.1, 0.15) is 5.78 Å². The lowest BCUT2D eigenvalue weighted by atomic mass is 10.0. The molecule has 30 heavy (non-hydrogen) atoms. The van der Waals surface area contributed by atoms with Crippen molar-refractivity contribution in [1.29, 1.82) is 0 Å². The molecule has 6 heteroatoms. The first kappa shape index (κ1) is 21.7. The van der Waals surface area contributed by atoms with E-state index in [0.29, 0.717) is 50.9 Å². The van der Waals surface area contributed by atoms with E-state index in [4.69, 9.17) is 4.74 Å². The first-order chi connectivity index (χ1) is 14.5. The third kappa shape index (κ3) is 5.76. The van der Waals surface area contributed by atoms with E-state index in [1.165, 1.54) is 7.11 Å². The van der Waals surface area contributed by atoms with E-state index in [2.05, 4.69) is 0 Å². The van der Waals surface area contributed by atoms with Crippen molar-refractivity contribution in [3.05, 3.63) is 70.8 Å². The zero-order valence-corrected chi connectivity index (χ0v) is 17.6. The maximum Gasteiger partial charge on any atom is 0.337 e. The summed E-state index contributed by atoms with van der Waals surface area (Å²) in [5, 5.41) is 3.74. The summed E-state index contributed by atoms with van der Waals surface area (Å²) in [4.78, 5) is 36.2. The topological polar surface area (TPSA) is 66.9 Å². The molecule has 1 heterocycles. The molecule has 0 radical (unpaired) electrons. The highest BCUT2D eigenvalue weighted by Crippen LogP contribution is 2.15. The molecule has 0 N–H and O–H groups in total. The molecule has 0 bridgehead atoms. The molecule has 2 aromatic carbocycles. The number of carbonyl (C=O) groups is 3. The number of hydrogen-bond donors (Lipinski definition) is 0. The van der Waals surface area contributed by atoms with Crippen LogP contribution in [0.25, 0.3) is 0 Å². The second-order valence-electron chi connectivity index (χ2n) is 7.61. The van der Waals surface area contributed by atoms with Gasteiger partial charge in [0, 0.05) is 38.9 Å². The molecule has 0 atom stereocenters. The Balaban J connectivity index is 1.50. The fourth-order valence-corrected chi connectivity index (χ4v) is 3.68. The molecule has 0 spiro atoms. The molecule has 6 nitrogen and oxygen atoms in total. The number of hydrogen-bond acceptors (Lipinski definition) is 5. The zero-order chi connectivity index (χ0) is 21.5. The summed E-state index contributed by atoms with van der Waals surface area (Å²) in [5.41, 5.74) is 3.73. The standard InChI is InChI=1S/C24H28N2O4/c1-18-4-3-5-20(16-18)17-22(27)11-13-25-14-12-23(28)26(25)15-10-19-6-8-21(9-7-19)24(29)30-2/h3-9,16H,10-15,17H2,1-2H3. The van der Waals surface area contributed by atoms with Crippen molar-refractivity contribution in [1.82, 2.24) is 10.0 Å². The molecular weight excluding hydrogens is 380 g/mol. The number of ether oxygens (including phenoxy) is 1. The molecular formula is C24H28N2O4. The summed E-state index contributed by atoms with van der Waals surface area (Å²) in [6, 6.07) is 15.2. The molecule has 158 valence electrons. The van der Waals surface area contributed by atoms with Crippen LogP contribution in [0.15, 0.2) is 48.5 Å². The van der Waals surface area contributed by atoms with Crippen molar-refractivity contribution in [2.75, 3.05) is 26.7 Å². The number of hydrazine groups is 1. The largest absolute Gasteiger partial charge is 0.465 e. The number of esters is 1. The predicted molar refractivity (Wildman–Crippen MR) is 114 cm³/mol. The summed E-state index contributed by atoms with van der Waals surface area (Å²) in [6.45, 7) is 3.78. The Hall–Kier alpha value is -2.99. The van der Waals surface area contributed by atoms with Gasteiger partial charge in [-0.2, -0.15) is 0 Å². The number of aryl methyl sites for hydroxylation is 1. The third-order valence-corrected chi connectivity index (χ3v) is 5.33. The second kappa shape index (κ2) is 10.2. The van der Waals surface area contributed by atoms with Gasteiger partial charge in [-0.1, -0.05) is 42.0 Å². The lowest BCUT2D eigenvalue weighted by Crippen LogP contribution is -2.41. The lowest BCUT2D eigenvalue weighted by Gasteiger charge is -2.27. The number of ketones is 1. The van der Waals surface area contributed by atoms with Crippen LogP contribution >= 0.6 is 0 Å². The first-order valence-electron chi connectivity index (χ1n) is 10.3. The van der Waals surface area contributed by atoms with Crippen LogP contribution in [0.1, 0.15) is 39.9 Å². The van der Waals surface area contributed by atoms with Gasteiger partial charge in [0.05, 0.1) is 12.7 Å². The van der Waals surface area contributed by atoms with Crippen molar-refractivity contribution in [3.8, 4) is 0 Å². The van der Waals surface area contributed by atoms with Crippen LogP contribution in [0.5, 0.6) is 0 Å². The van der Waals surface area contributed by atoms with E-state index in [9.17, 15) is 14.4 Å². The van der Waals surface area contributed by atoms with Gasteiger partial charge in [-0.25, -0.2) is 9.80 Å². The maximum atomic E-state index is 12.4. The minimum Gasteiger partial charge on any atom is -0.465 e. The highest BCUT2D eigenvalue weighted by molar-refractivity contribution is 5.89. The van der Waals surface area contributed by atoms with Crippen LogP contribution in [-0.2, 0) is 27.2 Å². The normalized spacial score (nSPS) is 14.2. The summed E-state index contributed by atoms with van der Waals surface area (Å²) in [5.74, 6) is -0.0941. The van der Waals surface area contributed by atoms with Crippen molar-refractivity contribution >= 4 is 17.7 Å². The third-order valence-electron chi connectivity index (χ3n) is 5.33. The van der Waals surface area contributed by atoms with Gasteiger partial charge in [0.2, 0.25) is 5.91 Å². The van der Waals surface area contributed by atoms with E-state index in [-0.39, 0.29) is 17.7 Å². The van der Waals surface area contributed by atoms with Crippen molar-refractivity contribution in [2.24, 2.45) is 0 Å². The molecule has 1 aliphatic rings. The highest BCUT2D eigenvalue weighted by Gasteiger charge is 2.28. The lowest BCUT2D eigenvalue weighted by molar-refractivity contribution is -0.138. The van der Waals surface area contributed by atoms with Gasteiger partial charge < -0.3 is 4.74 Å². The summed E-state index contributed by atoms with van der Waals surface area (Å²) in [6.07, 6.45) is 2.01. The quantitative estimate of drug-likeness (QED) is 0.597. The summed E-state index contributed by atoms with van der Waals surface area (Å²) in [7, 11) is 1.36. The van der Waals surface area contributed by atoms with E-state index in [1.807, 2.05) is 48.3 Å². The molecule has 2 aromatic rings. The molecule has 0 aromatic heterocycles. The van der Waals surface area contributed by atoms with Crippen LogP contribution < -0.4 is 0 Å². The van der Waals surface area contributed by atoms with Gasteiger partial charge in [-0.05, 0) is 36.6 Å². The van der Waals surface area contributed by atoms with E-state index < -0.39 is 0 Å². The second-order valence-corrected chi connectivity index (χ2v) is 7.61. The number of Topliss-reactive ketones (excluding diaryl/α,β-unsaturated/α-hetero) is 1. The molecule has 0 saturated carbocycles. The monoisotopic (exact) mass is 408 g/mol. The van der Waals surface area contributed by atoms with Crippen molar-refractivity contribution < 1.29 is 19.1 Å². The molecule has 1 saturated heterocycles. The molecule has 0 aliphatic carbocycles. The van der Waals surface area contributed by atoms with Crippen LogP contribution in [0.3, 0.4) is 0 Å². The molecule has 3 rings (SSSR count). The van der Waals surface area contributed by atoms with Crippen LogP contribution in [0.4, 0.5) is 0 Å². The summed E-state index contributed by atoms with van der Waals surface area (Å²) >= 11 is 0. The van der Waals surface area contributed by atoms with Gasteiger partial charge >= 0.3 is 5.97 Å². The minimum atomic E-state index is -0.363. The number of benzene rings is 2. The Labute approximate surface area is 177 Å². The van der Waals surface area contributed by atoms with Crippen LogP contribution in [0, 0.1) is 6.92 Å². The van der Waals surface area contributed by atoms with Crippen LogP contribution in [-0.4, -0.2) is 54.4 Å². The SMILES string of the molecule is COC(=O)c1ccc(CCN2C(=O)CCN2CCC(=O)Cc2cccc(C)c2)cc1. The molecule has 1 aliphatic heterocycles. The van der Waals surface area contributed by atoms with E-state index in [0.717, 1.165) is 16.7 Å². The number of rotatable bonds is 9. The predicted octanol–water partition coefficient (Wildman–Crippen LogP) is 2.98. The van der Waals surface area contributed by atoms with Crippen molar-refractivity contribution in [3.63, 3.8) is 0 Å². The maximum absolute atomic E-state index is 12.4. The fourth-order valence-electron chi connectivity index (χ4n) is 3.68. The molecule has 0 unspecified atom stereocenters. The van der Waals surface area contributed by atoms with Gasteiger partial charge in [-0.3, -0.25) is 14.6 Å². The van der Waals surface area contributed by atoms with Crippen LogP contribution in [0.2, 0.25) is 0 Å². The Morgan fingerprint density at radius 3 is 2.50 bits per heavy atom. The smallest absolute Gasteiger partial charge is 0.337 e. The average Bonchev–Trinajstić information content (AvgIpc) is 3.10. The number of nitrogens with zero attached hydrogens (tertiary/aromatic N) is 2. The van der Waals surface area contributed by atoms with E-state index >= 15 is 0 Å². The number of amides is 1. The van der Waals surface area contributed by atoms with Gasteiger partial charge in [0.25, 0.3) is 0 Å². The number of carbonyl (C=O) groups excluding carboxylic acids is 3. The first-order valence-corrected chi connectivity index (χ1v) is 10.3. The number of methoxy groups -OCH3 is 1. The average molecular weight is 408 g/mol. The minimum absolute atomic E-state index is 0.0901. The molecule has 1 amide bonds. The highest BCUT2D eigenvalue weighted by atomic mass is 16.5. The van der Waals surface area contributed by atoms with Gasteiger partial charge in [-0.15, -0.1) is 0 Å². The zero-order valence-electron chi connectivity index (χ0n) is 17.6. The van der Waals surface area contributed by atoms with Gasteiger partial charge in [0.15, 0.2) is 0 Å². The Morgan fingerprint density at radius 2 is 1.80 bits per heavy atom.